The Bertz CT molecular complexity index is 600. The van der Waals surface area contributed by atoms with E-state index in [0.29, 0.717) is 18.8 Å². The zero-order valence-electron chi connectivity index (χ0n) is 12.4. The molecule has 4 nitrogen and oxygen atoms in total. The number of hydrogen-bond donors (Lipinski definition) is 0. The third-order valence-electron chi connectivity index (χ3n) is 3.63. The van der Waals surface area contributed by atoms with Crippen LogP contribution in [0, 0.1) is 0 Å². The average Bonchev–Trinajstić information content (AvgIpc) is 2.57. The standard InChI is InChI=1S/C18H19NO3/c20-18(22-16-10-5-2-6-11-16)19-13-7-12-17(14-19)21-15-8-3-1-4-9-15/h1-6,8-11,17H,7,12-14H2. The number of para-hydroxylation sites is 2. The molecule has 1 fully saturated rings. The predicted molar refractivity (Wildman–Crippen MR) is 84.1 cm³/mol. The van der Waals surface area contributed by atoms with Crippen molar-refractivity contribution < 1.29 is 14.3 Å². The Morgan fingerprint density at radius 2 is 1.59 bits per heavy atom. The molecule has 2 aromatic carbocycles. The van der Waals surface area contributed by atoms with Crippen LogP contribution in [0.4, 0.5) is 4.79 Å². The van der Waals surface area contributed by atoms with Crippen molar-refractivity contribution in [1.29, 1.82) is 0 Å². The summed E-state index contributed by atoms with van der Waals surface area (Å²) >= 11 is 0. The highest BCUT2D eigenvalue weighted by molar-refractivity contribution is 5.70. The summed E-state index contributed by atoms with van der Waals surface area (Å²) in [6.07, 6.45) is 1.57. The molecule has 1 aliphatic heterocycles. The summed E-state index contributed by atoms with van der Waals surface area (Å²) in [6.45, 7) is 1.26. The van der Waals surface area contributed by atoms with E-state index in [1.807, 2.05) is 48.5 Å². The molecule has 1 unspecified atom stereocenters. The lowest BCUT2D eigenvalue weighted by Crippen LogP contribution is -2.45. The molecule has 1 saturated heterocycles. The maximum Gasteiger partial charge on any atom is 0.415 e. The first-order valence-corrected chi connectivity index (χ1v) is 7.55. The van der Waals surface area contributed by atoms with Crippen LogP contribution in [0.15, 0.2) is 60.7 Å². The second-order valence-corrected chi connectivity index (χ2v) is 5.32. The fourth-order valence-corrected chi connectivity index (χ4v) is 2.55. The molecule has 2 aromatic rings. The monoisotopic (exact) mass is 297 g/mol. The van der Waals surface area contributed by atoms with Gasteiger partial charge in [-0.3, -0.25) is 0 Å². The van der Waals surface area contributed by atoms with Gasteiger partial charge in [-0.05, 0) is 37.1 Å². The van der Waals surface area contributed by atoms with Crippen LogP contribution in [0.3, 0.4) is 0 Å². The molecule has 0 N–H and O–H groups in total. The zero-order valence-corrected chi connectivity index (χ0v) is 12.4. The molecule has 0 radical (unpaired) electrons. The summed E-state index contributed by atoms with van der Waals surface area (Å²) in [5, 5.41) is 0. The number of hydrogen-bond acceptors (Lipinski definition) is 3. The van der Waals surface area contributed by atoms with Gasteiger partial charge >= 0.3 is 6.09 Å². The number of nitrogens with zero attached hydrogens (tertiary/aromatic N) is 1. The maximum atomic E-state index is 12.2. The van der Waals surface area contributed by atoms with Gasteiger partial charge in [0.1, 0.15) is 17.6 Å². The normalized spacial score (nSPS) is 17.8. The molecule has 1 aliphatic rings. The van der Waals surface area contributed by atoms with Crippen molar-refractivity contribution >= 4 is 6.09 Å². The quantitative estimate of drug-likeness (QED) is 0.866. The number of benzene rings is 2. The van der Waals surface area contributed by atoms with Crippen LogP contribution >= 0.6 is 0 Å². The van der Waals surface area contributed by atoms with Crippen LogP contribution in [0.2, 0.25) is 0 Å². The van der Waals surface area contributed by atoms with Crippen molar-refractivity contribution in [3.05, 3.63) is 60.7 Å². The van der Waals surface area contributed by atoms with Gasteiger partial charge < -0.3 is 14.4 Å². The number of rotatable bonds is 3. The minimum absolute atomic E-state index is 0.0134. The van der Waals surface area contributed by atoms with Crippen LogP contribution in [-0.2, 0) is 0 Å². The molecule has 0 aliphatic carbocycles. The molecule has 0 aromatic heterocycles. The van der Waals surface area contributed by atoms with Gasteiger partial charge in [0, 0.05) is 6.54 Å². The van der Waals surface area contributed by atoms with Gasteiger partial charge in [0.25, 0.3) is 0 Å². The summed E-state index contributed by atoms with van der Waals surface area (Å²) < 4.78 is 11.3. The smallest absolute Gasteiger partial charge is 0.415 e. The van der Waals surface area contributed by atoms with Gasteiger partial charge in [-0.25, -0.2) is 4.79 Å². The number of carbonyl (C=O) groups is 1. The van der Waals surface area contributed by atoms with Gasteiger partial charge in [0.15, 0.2) is 0 Å². The van der Waals surface area contributed by atoms with Gasteiger partial charge in [-0.15, -0.1) is 0 Å². The van der Waals surface area contributed by atoms with Gasteiger partial charge in [0.05, 0.1) is 6.54 Å². The topological polar surface area (TPSA) is 38.8 Å². The first-order valence-electron chi connectivity index (χ1n) is 7.55. The van der Waals surface area contributed by atoms with E-state index in [1.165, 1.54) is 0 Å². The van der Waals surface area contributed by atoms with Crippen LogP contribution in [0.25, 0.3) is 0 Å². The summed E-state index contributed by atoms with van der Waals surface area (Å²) in [5.41, 5.74) is 0. The molecule has 1 atom stereocenters. The molecular weight excluding hydrogens is 278 g/mol. The Morgan fingerprint density at radius 1 is 0.955 bits per heavy atom. The summed E-state index contributed by atoms with van der Waals surface area (Å²) in [6, 6.07) is 18.8. The number of likely N-dealkylation sites (tertiary alicyclic amines) is 1. The minimum Gasteiger partial charge on any atom is -0.489 e. The van der Waals surface area contributed by atoms with E-state index >= 15 is 0 Å². The Morgan fingerprint density at radius 3 is 2.27 bits per heavy atom. The Balaban J connectivity index is 1.57. The third kappa shape index (κ3) is 3.79. The molecule has 1 amide bonds. The molecule has 0 spiro atoms. The summed E-state index contributed by atoms with van der Waals surface area (Å²) in [5.74, 6) is 1.41. The Kier molecular flexibility index (Phi) is 4.59. The number of ether oxygens (including phenoxy) is 2. The summed E-state index contributed by atoms with van der Waals surface area (Å²) in [4.78, 5) is 13.9. The average molecular weight is 297 g/mol. The van der Waals surface area contributed by atoms with Crippen LogP contribution in [-0.4, -0.2) is 30.2 Å². The van der Waals surface area contributed by atoms with Crippen molar-refractivity contribution in [3.8, 4) is 11.5 Å². The SMILES string of the molecule is O=C(Oc1ccccc1)N1CCCC(Oc2ccccc2)C1. The van der Waals surface area contributed by atoms with Crippen molar-refractivity contribution in [2.24, 2.45) is 0 Å². The van der Waals surface area contributed by atoms with E-state index in [1.54, 1.807) is 17.0 Å². The van der Waals surface area contributed by atoms with Crippen molar-refractivity contribution in [3.63, 3.8) is 0 Å². The molecule has 1 heterocycles. The zero-order chi connectivity index (χ0) is 15.2. The van der Waals surface area contributed by atoms with E-state index in [4.69, 9.17) is 9.47 Å². The highest BCUT2D eigenvalue weighted by Gasteiger charge is 2.26. The number of amides is 1. The first kappa shape index (κ1) is 14.4. The van der Waals surface area contributed by atoms with E-state index < -0.39 is 0 Å². The van der Waals surface area contributed by atoms with E-state index in [2.05, 4.69) is 0 Å². The second kappa shape index (κ2) is 6.98. The largest absolute Gasteiger partial charge is 0.489 e. The Labute approximate surface area is 130 Å². The maximum absolute atomic E-state index is 12.2. The molecule has 114 valence electrons. The molecule has 4 heteroatoms. The minimum atomic E-state index is -0.312. The first-order chi connectivity index (χ1) is 10.8. The second-order valence-electron chi connectivity index (χ2n) is 5.32. The summed E-state index contributed by atoms with van der Waals surface area (Å²) in [7, 11) is 0. The van der Waals surface area contributed by atoms with Gasteiger partial charge in [0.2, 0.25) is 0 Å². The van der Waals surface area contributed by atoms with Gasteiger partial charge in [-0.1, -0.05) is 36.4 Å². The number of carbonyl (C=O) groups excluding carboxylic acids is 1. The lowest BCUT2D eigenvalue weighted by molar-refractivity contribution is 0.0828. The van der Waals surface area contributed by atoms with Crippen molar-refractivity contribution in [2.75, 3.05) is 13.1 Å². The van der Waals surface area contributed by atoms with E-state index in [-0.39, 0.29) is 12.2 Å². The lowest BCUT2D eigenvalue weighted by atomic mass is 10.1. The third-order valence-corrected chi connectivity index (χ3v) is 3.63. The van der Waals surface area contributed by atoms with Crippen molar-refractivity contribution in [1.82, 2.24) is 4.90 Å². The fraction of sp³-hybridized carbons (Fsp3) is 0.278. The molecule has 0 saturated carbocycles. The molecule has 3 rings (SSSR count). The van der Waals surface area contributed by atoms with Gasteiger partial charge in [-0.2, -0.15) is 0 Å². The van der Waals surface area contributed by atoms with Crippen molar-refractivity contribution in [2.45, 2.75) is 18.9 Å². The number of piperidine rings is 1. The molecule has 22 heavy (non-hydrogen) atoms. The highest BCUT2D eigenvalue weighted by Crippen LogP contribution is 2.19. The Hall–Kier alpha value is -2.49. The van der Waals surface area contributed by atoms with Crippen LogP contribution in [0.1, 0.15) is 12.8 Å². The van der Waals surface area contributed by atoms with Crippen LogP contribution < -0.4 is 9.47 Å². The molecule has 0 bridgehead atoms. The van der Waals surface area contributed by atoms with E-state index in [0.717, 1.165) is 18.6 Å². The predicted octanol–water partition coefficient (Wildman–Crippen LogP) is 3.73. The highest BCUT2D eigenvalue weighted by atomic mass is 16.6. The van der Waals surface area contributed by atoms with E-state index in [9.17, 15) is 4.79 Å². The van der Waals surface area contributed by atoms with Crippen LogP contribution in [0.5, 0.6) is 11.5 Å². The lowest BCUT2D eigenvalue weighted by Gasteiger charge is -2.32. The molecular formula is C18H19NO3. The fourth-order valence-electron chi connectivity index (χ4n) is 2.55.